The SMILES string of the molecule is O=C(C[C@@]1(O)C(=O)Nc2ccccc21)c1c[nH]c2ccccc12. The fourth-order valence-corrected chi connectivity index (χ4v) is 3.11. The van der Waals surface area contributed by atoms with E-state index in [9.17, 15) is 14.7 Å². The number of fused-ring (bicyclic) bond motifs is 2. The Hall–Kier alpha value is -2.92. The molecule has 23 heavy (non-hydrogen) atoms. The molecular weight excluding hydrogens is 292 g/mol. The summed E-state index contributed by atoms with van der Waals surface area (Å²) in [4.78, 5) is 27.9. The Bertz CT molecular complexity index is 944. The number of rotatable bonds is 3. The highest BCUT2D eigenvalue weighted by Crippen LogP contribution is 2.39. The highest BCUT2D eigenvalue weighted by atomic mass is 16.3. The first-order chi connectivity index (χ1) is 11.1. The molecule has 3 aromatic rings. The first kappa shape index (κ1) is 13.7. The molecule has 0 bridgehead atoms. The molecule has 4 rings (SSSR count). The summed E-state index contributed by atoms with van der Waals surface area (Å²) in [5.74, 6) is -0.844. The lowest BCUT2D eigenvalue weighted by atomic mass is 9.88. The number of hydrogen-bond donors (Lipinski definition) is 3. The number of amides is 1. The summed E-state index contributed by atoms with van der Waals surface area (Å²) in [7, 11) is 0. The second kappa shape index (κ2) is 4.79. The number of para-hydroxylation sites is 2. The van der Waals surface area contributed by atoms with E-state index in [1.54, 1.807) is 30.5 Å². The van der Waals surface area contributed by atoms with Crippen molar-refractivity contribution in [2.75, 3.05) is 5.32 Å². The summed E-state index contributed by atoms with van der Waals surface area (Å²) >= 11 is 0. The van der Waals surface area contributed by atoms with Crippen molar-refractivity contribution in [3.8, 4) is 0 Å². The van der Waals surface area contributed by atoms with Gasteiger partial charge < -0.3 is 15.4 Å². The molecule has 2 aromatic carbocycles. The summed E-state index contributed by atoms with van der Waals surface area (Å²) in [6, 6.07) is 14.3. The van der Waals surface area contributed by atoms with Gasteiger partial charge in [-0.3, -0.25) is 9.59 Å². The van der Waals surface area contributed by atoms with Crippen LogP contribution in [0.1, 0.15) is 22.3 Å². The predicted molar refractivity (Wildman–Crippen MR) is 86.2 cm³/mol. The van der Waals surface area contributed by atoms with E-state index in [4.69, 9.17) is 0 Å². The highest BCUT2D eigenvalue weighted by molar-refractivity contribution is 6.13. The van der Waals surface area contributed by atoms with E-state index in [0.29, 0.717) is 16.8 Å². The topological polar surface area (TPSA) is 82.2 Å². The van der Waals surface area contributed by atoms with Gasteiger partial charge in [0, 0.05) is 33.9 Å². The van der Waals surface area contributed by atoms with Crippen LogP contribution in [0.3, 0.4) is 0 Å². The molecule has 1 atom stereocenters. The highest BCUT2D eigenvalue weighted by Gasteiger charge is 2.46. The summed E-state index contributed by atoms with van der Waals surface area (Å²) in [6.45, 7) is 0. The number of Topliss-reactive ketones (excluding diaryl/α,β-unsaturated/α-hetero) is 1. The van der Waals surface area contributed by atoms with Crippen molar-refractivity contribution in [2.45, 2.75) is 12.0 Å². The van der Waals surface area contributed by atoms with Crippen LogP contribution in [0.2, 0.25) is 0 Å². The predicted octanol–water partition coefficient (Wildman–Crippen LogP) is 2.58. The van der Waals surface area contributed by atoms with E-state index in [-0.39, 0.29) is 12.2 Å². The zero-order valence-corrected chi connectivity index (χ0v) is 12.2. The molecule has 1 amide bonds. The quantitative estimate of drug-likeness (QED) is 0.650. The fraction of sp³-hybridized carbons (Fsp3) is 0.111. The summed E-state index contributed by atoms with van der Waals surface area (Å²) < 4.78 is 0. The maximum absolute atomic E-state index is 12.7. The van der Waals surface area contributed by atoms with Gasteiger partial charge in [0.1, 0.15) is 0 Å². The van der Waals surface area contributed by atoms with E-state index < -0.39 is 11.5 Å². The number of nitrogens with one attached hydrogen (secondary N) is 2. The molecule has 0 radical (unpaired) electrons. The minimum absolute atomic E-state index is 0.281. The van der Waals surface area contributed by atoms with Gasteiger partial charge in [-0.25, -0.2) is 0 Å². The normalized spacial score (nSPS) is 19.6. The van der Waals surface area contributed by atoms with Gasteiger partial charge in [0.15, 0.2) is 11.4 Å². The number of hydrogen-bond acceptors (Lipinski definition) is 3. The third-order valence-electron chi connectivity index (χ3n) is 4.30. The number of aromatic amines is 1. The van der Waals surface area contributed by atoms with Crippen LogP contribution in [-0.2, 0) is 10.4 Å². The van der Waals surface area contributed by atoms with Crippen molar-refractivity contribution in [3.05, 3.63) is 65.9 Å². The molecule has 0 spiro atoms. The maximum Gasteiger partial charge on any atom is 0.261 e. The molecule has 1 aliphatic heterocycles. The fourth-order valence-electron chi connectivity index (χ4n) is 3.11. The van der Waals surface area contributed by atoms with Crippen molar-refractivity contribution >= 4 is 28.3 Å². The minimum atomic E-state index is -1.83. The Morgan fingerprint density at radius 2 is 1.83 bits per heavy atom. The largest absolute Gasteiger partial charge is 0.375 e. The van der Waals surface area contributed by atoms with Gasteiger partial charge in [-0.05, 0) is 12.1 Å². The van der Waals surface area contributed by atoms with Crippen LogP contribution in [0.15, 0.2) is 54.7 Å². The zero-order valence-electron chi connectivity index (χ0n) is 12.2. The lowest BCUT2D eigenvalue weighted by Crippen LogP contribution is -2.36. The van der Waals surface area contributed by atoms with E-state index in [1.807, 2.05) is 24.3 Å². The van der Waals surface area contributed by atoms with Crippen molar-refractivity contribution in [3.63, 3.8) is 0 Å². The van der Waals surface area contributed by atoms with Crippen molar-refractivity contribution < 1.29 is 14.7 Å². The number of carbonyl (C=O) groups is 2. The van der Waals surface area contributed by atoms with Gasteiger partial charge in [-0.1, -0.05) is 36.4 Å². The molecule has 2 heterocycles. The second-order valence-corrected chi connectivity index (χ2v) is 5.71. The molecule has 5 nitrogen and oxygen atoms in total. The minimum Gasteiger partial charge on any atom is -0.375 e. The van der Waals surface area contributed by atoms with Crippen LogP contribution < -0.4 is 5.32 Å². The van der Waals surface area contributed by atoms with Gasteiger partial charge in [-0.2, -0.15) is 0 Å². The molecule has 1 aromatic heterocycles. The Balaban J connectivity index is 1.73. The standard InChI is InChI=1S/C18H14N2O3/c21-16(12-10-19-14-7-3-1-5-11(12)14)9-18(23)13-6-2-4-8-15(13)20-17(18)22/h1-8,10,19,23H,9H2,(H,20,22)/t18-/m0/s1. The van der Waals surface area contributed by atoms with Crippen LogP contribution in [0, 0.1) is 0 Å². The number of H-pyrrole nitrogens is 1. The Labute approximate surface area is 132 Å². The van der Waals surface area contributed by atoms with E-state index in [1.165, 1.54) is 0 Å². The van der Waals surface area contributed by atoms with E-state index in [0.717, 1.165) is 10.9 Å². The zero-order chi connectivity index (χ0) is 16.0. The molecule has 0 aliphatic carbocycles. The molecular formula is C18H14N2O3. The lowest BCUT2D eigenvalue weighted by molar-refractivity contribution is -0.133. The molecule has 3 N–H and O–H groups in total. The summed E-state index contributed by atoms with van der Waals surface area (Å²) in [6.07, 6.45) is 1.33. The smallest absolute Gasteiger partial charge is 0.261 e. The molecule has 0 saturated carbocycles. The third kappa shape index (κ3) is 1.98. The van der Waals surface area contributed by atoms with Gasteiger partial charge in [0.2, 0.25) is 0 Å². The molecule has 0 fully saturated rings. The van der Waals surface area contributed by atoms with E-state index in [2.05, 4.69) is 10.3 Å². The van der Waals surface area contributed by atoms with Crippen LogP contribution in [-0.4, -0.2) is 21.8 Å². The van der Waals surface area contributed by atoms with Gasteiger partial charge in [-0.15, -0.1) is 0 Å². The molecule has 114 valence electrons. The van der Waals surface area contributed by atoms with Gasteiger partial charge in [0.25, 0.3) is 5.91 Å². The average molecular weight is 306 g/mol. The van der Waals surface area contributed by atoms with Crippen LogP contribution in [0.4, 0.5) is 5.69 Å². The summed E-state index contributed by atoms with van der Waals surface area (Å²) in [5.41, 5.74) is 0.488. The lowest BCUT2D eigenvalue weighted by Gasteiger charge is -2.19. The molecule has 1 aliphatic rings. The monoisotopic (exact) mass is 306 g/mol. The van der Waals surface area contributed by atoms with E-state index >= 15 is 0 Å². The molecule has 5 heteroatoms. The number of aromatic nitrogens is 1. The van der Waals surface area contributed by atoms with Gasteiger partial charge >= 0.3 is 0 Å². The van der Waals surface area contributed by atoms with Crippen molar-refractivity contribution in [1.29, 1.82) is 0 Å². The Morgan fingerprint density at radius 1 is 1.09 bits per heavy atom. The number of anilines is 1. The van der Waals surface area contributed by atoms with Crippen LogP contribution in [0.5, 0.6) is 0 Å². The first-order valence-corrected chi connectivity index (χ1v) is 7.32. The van der Waals surface area contributed by atoms with Crippen LogP contribution in [0.25, 0.3) is 10.9 Å². The Kier molecular flexibility index (Phi) is 2.86. The summed E-state index contributed by atoms with van der Waals surface area (Å²) in [5, 5.41) is 14.2. The molecule has 0 unspecified atom stereocenters. The van der Waals surface area contributed by atoms with Crippen molar-refractivity contribution in [1.82, 2.24) is 4.98 Å². The number of aliphatic hydroxyl groups is 1. The first-order valence-electron chi connectivity index (χ1n) is 7.32. The maximum atomic E-state index is 12.7. The number of benzene rings is 2. The van der Waals surface area contributed by atoms with Crippen LogP contribution >= 0.6 is 0 Å². The second-order valence-electron chi connectivity index (χ2n) is 5.71. The third-order valence-corrected chi connectivity index (χ3v) is 4.30. The Morgan fingerprint density at radius 3 is 2.70 bits per heavy atom. The van der Waals surface area contributed by atoms with Gasteiger partial charge in [0.05, 0.1) is 6.42 Å². The number of ketones is 1. The number of carbonyl (C=O) groups excluding carboxylic acids is 2. The molecule has 0 saturated heterocycles. The average Bonchev–Trinajstić information content (AvgIpc) is 3.08. The van der Waals surface area contributed by atoms with Crippen molar-refractivity contribution in [2.24, 2.45) is 0 Å².